The Morgan fingerprint density at radius 3 is 2.26 bits per heavy atom. The van der Waals surface area contributed by atoms with Gasteiger partial charge in [-0.1, -0.05) is 48.5 Å². The van der Waals surface area contributed by atoms with Crippen LogP contribution in [0.5, 0.6) is 11.5 Å². The molecule has 1 saturated heterocycles. The molecule has 3 amide bonds. The number of hydrogen-bond donors (Lipinski definition) is 4. The molecule has 3 aliphatic heterocycles. The number of aliphatic hydroxyl groups excluding tert-OH is 3. The van der Waals surface area contributed by atoms with Crippen LogP contribution in [-0.4, -0.2) is 115 Å². The van der Waals surface area contributed by atoms with E-state index >= 15 is 0 Å². The molecular formula is C42H43ClN4O9S. The number of benzene rings is 4. The van der Waals surface area contributed by atoms with E-state index in [4.69, 9.17) is 25.8 Å². The normalized spacial score (nSPS) is 21.5. The summed E-state index contributed by atoms with van der Waals surface area (Å²) in [6.07, 6.45) is -4.33. The highest BCUT2D eigenvalue weighted by molar-refractivity contribution is 7.16. The first-order valence-corrected chi connectivity index (χ1v) is 20.2. The summed E-state index contributed by atoms with van der Waals surface area (Å²) in [5.74, 6) is 0.275. The largest absolute Gasteiger partial charge is 0.464 e. The van der Waals surface area contributed by atoms with Gasteiger partial charge in [0.05, 0.1) is 33.8 Å². The van der Waals surface area contributed by atoms with E-state index in [0.29, 0.717) is 65.2 Å². The highest BCUT2D eigenvalue weighted by Crippen LogP contribution is 2.47. The number of alkyl halides is 1. The number of likely N-dealkylation sites (N-methyl/N-ethyl adjacent to an activating group) is 2. The van der Waals surface area contributed by atoms with E-state index in [1.807, 2.05) is 55.6 Å². The Morgan fingerprint density at radius 1 is 0.930 bits per heavy atom. The lowest BCUT2D eigenvalue weighted by atomic mass is 9.95. The first-order valence-electron chi connectivity index (χ1n) is 18.9. The standard InChI is InChI=1S/C42H43ClN4O9S/c1-44-14-16-45(2)42(53)56-33-17-29-25(24-7-3-4-8-26(24)33)13-15-46(29)40(51)35-11-12-36(57-35)41(52)47-21-23(20-43)38-28-10-6-5-9-27(28)32(18-30(38)47)54-37-19-31(49)39(50)34(22-48)55-37/h3-12,17-18,23,31,34,37,39,44,48-50H,13-16,19-22H2,1-2H3/t23-,31?,34-,37-,39-/m1/s1. The number of anilines is 2. The number of thiophene rings is 1. The average Bonchev–Trinajstić information content (AvgIpc) is 3.99. The van der Waals surface area contributed by atoms with Crippen molar-refractivity contribution >= 4 is 73.8 Å². The average molecular weight is 815 g/mol. The molecule has 1 unspecified atom stereocenters. The molecule has 0 aliphatic carbocycles. The van der Waals surface area contributed by atoms with Gasteiger partial charge in [-0.05, 0) is 47.5 Å². The molecule has 3 aliphatic rings. The first-order chi connectivity index (χ1) is 27.6. The van der Waals surface area contributed by atoms with Crippen LogP contribution >= 0.6 is 22.9 Å². The predicted octanol–water partition coefficient (Wildman–Crippen LogP) is 5.10. The smallest absolute Gasteiger partial charge is 0.415 e. The van der Waals surface area contributed by atoms with Crippen molar-refractivity contribution in [2.24, 2.45) is 0 Å². The van der Waals surface area contributed by atoms with Gasteiger partial charge in [0.2, 0.25) is 6.29 Å². The molecule has 4 aromatic carbocycles. The lowest BCUT2D eigenvalue weighted by Gasteiger charge is -2.36. The minimum absolute atomic E-state index is 0.0273. The van der Waals surface area contributed by atoms with Gasteiger partial charge in [-0.25, -0.2) is 4.79 Å². The molecule has 4 N–H and O–H groups in total. The van der Waals surface area contributed by atoms with Crippen LogP contribution in [0.3, 0.4) is 0 Å². The molecule has 15 heteroatoms. The molecule has 0 bridgehead atoms. The zero-order valence-corrected chi connectivity index (χ0v) is 33.0. The number of hydrogen-bond acceptors (Lipinski definition) is 11. The fourth-order valence-electron chi connectivity index (χ4n) is 8.02. The number of nitrogens with one attached hydrogen (secondary N) is 1. The van der Waals surface area contributed by atoms with E-state index in [-0.39, 0.29) is 30.0 Å². The molecule has 0 radical (unpaired) electrons. The lowest BCUT2D eigenvalue weighted by Crippen LogP contribution is -2.51. The second-order valence-corrected chi connectivity index (χ2v) is 15.9. The summed E-state index contributed by atoms with van der Waals surface area (Å²) in [7, 11) is 3.48. The van der Waals surface area contributed by atoms with Crippen molar-refractivity contribution in [1.29, 1.82) is 0 Å². The van der Waals surface area contributed by atoms with E-state index in [2.05, 4.69) is 5.32 Å². The van der Waals surface area contributed by atoms with Crippen LogP contribution in [0, 0.1) is 0 Å². The van der Waals surface area contributed by atoms with Gasteiger partial charge in [0.25, 0.3) is 11.8 Å². The van der Waals surface area contributed by atoms with E-state index in [0.717, 1.165) is 44.0 Å². The van der Waals surface area contributed by atoms with E-state index in [1.54, 1.807) is 41.1 Å². The van der Waals surface area contributed by atoms with Gasteiger partial charge >= 0.3 is 6.09 Å². The third kappa shape index (κ3) is 7.20. The summed E-state index contributed by atoms with van der Waals surface area (Å²) in [5, 5.41) is 36.7. The Labute approximate surface area is 337 Å². The molecule has 5 aromatic rings. The SMILES string of the molecule is CNCCN(C)C(=O)Oc1cc2c(c3ccccc13)CCN2C(=O)c1ccc(C(=O)N2C[C@@H](CCl)c3c2cc(O[C@H]2CC(O)[C@@H](O)[C@@H](CO)O2)c2ccccc32)s1. The third-order valence-corrected chi connectivity index (χ3v) is 12.4. The molecule has 4 heterocycles. The molecule has 57 heavy (non-hydrogen) atoms. The first kappa shape index (κ1) is 39.0. The highest BCUT2D eigenvalue weighted by atomic mass is 35.5. The summed E-state index contributed by atoms with van der Waals surface area (Å²) in [5.41, 5.74) is 3.15. The number of nitrogens with zero attached hydrogens (tertiary/aromatic N) is 3. The second kappa shape index (κ2) is 16.2. The maximum atomic E-state index is 14.4. The van der Waals surface area contributed by atoms with Crippen molar-refractivity contribution < 1.29 is 43.9 Å². The number of amides is 3. The Bertz CT molecular complexity index is 2360. The molecule has 13 nitrogen and oxygen atoms in total. The quantitative estimate of drug-likeness (QED) is 0.140. The zero-order valence-electron chi connectivity index (χ0n) is 31.4. The maximum absolute atomic E-state index is 14.4. The third-order valence-electron chi connectivity index (χ3n) is 11.0. The molecule has 1 fully saturated rings. The number of carbonyl (C=O) groups excluding carboxylic acids is 3. The minimum Gasteiger partial charge on any atom is -0.464 e. The van der Waals surface area contributed by atoms with Crippen LogP contribution < -0.4 is 24.6 Å². The summed E-state index contributed by atoms with van der Waals surface area (Å²) in [4.78, 5) is 47.2. The summed E-state index contributed by atoms with van der Waals surface area (Å²) in [6.45, 7) is 1.30. The molecule has 298 valence electrons. The highest BCUT2D eigenvalue weighted by Gasteiger charge is 2.40. The van der Waals surface area contributed by atoms with Crippen LogP contribution in [0.1, 0.15) is 42.8 Å². The molecular weight excluding hydrogens is 772 g/mol. The fraction of sp³-hybridized carbons (Fsp3) is 0.357. The summed E-state index contributed by atoms with van der Waals surface area (Å²) < 4.78 is 18.0. The Morgan fingerprint density at radius 2 is 1.58 bits per heavy atom. The lowest BCUT2D eigenvalue weighted by molar-refractivity contribution is -0.229. The maximum Gasteiger partial charge on any atom is 0.415 e. The van der Waals surface area contributed by atoms with E-state index < -0.39 is 37.3 Å². The van der Waals surface area contributed by atoms with Crippen LogP contribution in [0.2, 0.25) is 0 Å². The van der Waals surface area contributed by atoms with Crippen molar-refractivity contribution in [1.82, 2.24) is 10.2 Å². The van der Waals surface area contributed by atoms with Crippen molar-refractivity contribution in [3.05, 3.63) is 93.7 Å². The van der Waals surface area contributed by atoms with Gasteiger partial charge in [0.1, 0.15) is 23.7 Å². The van der Waals surface area contributed by atoms with Gasteiger partial charge in [0, 0.05) is 74.4 Å². The Balaban J connectivity index is 1.08. The number of rotatable bonds is 10. The van der Waals surface area contributed by atoms with E-state index in [9.17, 15) is 29.7 Å². The number of halogens is 1. The number of carbonyl (C=O) groups is 3. The van der Waals surface area contributed by atoms with Crippen molar-refractivity contribution in [2.75, 3.05) is 62.6 Å². The monoisotopic (exact) mass is 814 g/mol. The summed E-state index contributed by atoms with van der Waals surface area (Å²) in [6, 6.07) is 22.1. The van der Waals surface area contributed by atoms with Crippen LogP contribution in [0.15, 0.2) is 72.8 Å². The van der Waals surface area contributed by atoms with Crippen molar-refractivity contribution in [2.45, 2.75) is 43.4 Å². The van der Waals surface area contributed by atoms with Crippen molar-refractivity contribution in [3.8, 4) is 11.5 Å². The zero-order chi connectivity index (χ0) is 40.0. The molecule has 5 atom stereocenters. The predicted molar refractivity (Wildman–Crippen MR) is 218 cm³/mol. The van der Waals surface area contributed by atoms with Crippen molar-refractivity contribution in [3.63, 3.8) is 0 Å². The topological polar surface area (TPSA) is 161 Å². The van der Waals surface area contributed by atoms with Gasteiger partial charge in [-0.3, -0.25) is 9.59 Å². The molecule has 1 aromatic heterocycles. The van der Waals surface area contributed by atoms with Gasteiger partial charge in [-0.15, -0.1) is 22.9 Å². The van der Waals surface area contributed by atoms with Crippen LogP contribution in [0.25, 0.3) is 21.5 Å². The molecule has 8 rings (SSSR count). The minimum atomic E-state index is -1.26. The Hall–Kier alpha value is -4.80. The van der Waals surface area contributed by atoms with Gasteiger partial charge in [0.15, 0.2) is 0 Å². The number of ether oxygens (including phenoxy) is 3. The Kier molecular flexibility index (Phi) is 11.1. The van der Waals surface area contributed by atoms with Crippen LogP contribution in [0.4, 0.5) is 16.2 Å². The van der Waals surface area contributed by atoms with Crippen LogP contribution in [-0.2, 0) is 11.2 Å². The number of fused-ring (bicyclic) bond motifs is 6. The fourth-order valence-corrected chi connectivity index (χ4v) is 9.18. The van der Waals surface area contributed by atoms with Gasteiger partial charge in [-0.2, -0.15) is 0 Å². The second-order valence-electron chi connectivity index (χ2n) is 14.5. The number of aliphatic hydroxyl groups is 3. The summed E-state index contributed by atoms with van der Waals surface area (Å²) >= 11 is 7.65. The molecule has 0 spiro atoms. The van der Waals surface area contributed by atoms with Gasteiger partial charge < -0.3 is 49.5 Å². The van der Waals surface area contributed by atoms with E-state index in [1.165, 1.54) is 4.90 Å². The molecule has 0 saturated carbocycles.